The van der Waals surface area contributed by atoms with Gasteiger partial charge in [0.25, 0.3) is 0 Å². The summed E-state index contributed by atoms with van der Waals surface area (Å²) in [4.78, 5) is 15.2. The van der Waals surface area contributed by atoms with Gasteiger partial charge >= 0.3 is 0 Å². The number of aryl methyl sites for hydroxylation is 1. The lowest BCUT2D eigenvalue weighted by atomic mass is 10.1. The predicted octanol–water partition coefficient (Wildman–Crippen LogP) is 4.42. The molecule has 0 saturated heterocycles. The molecule has 0 spiro atoms. The Morgan fingerprint density at radius 2 is 1.74 bits per heavy atom. The highest BCUT2D eigenvalue weighted by molar-refractivity contribution is 5.75. The fourth-order valence-corrected chi connectivity index (χ4v) is 3.05. The fraction of sp³-hybridized carbons (Fsp3) is 0.579. The molecular formula is C19H29N3O. The van der Waals surface area contributed by atoms with E-state index in [9.17, 15) is 4.79 Å². The van der Waals surface area contributed by atoms with Gasteiger partial charge in [-0.15, -0.1) is 0 Å². The van der Waals surface area contributed by atoms with E-state index >= 15 is 0 Å². The van der Waals surface area contributed by atoms with E-state index < -0.39 is 0 Å². The molecule has 1 aromatic carbocycles. The number of nitrogens with one attached hydrogen (secondary N) is 1. The summed E-state index contributed by atoms with van der Waals surface area (Å²) in [5.41, 5.74) is 2.17. The number of benzene rings is 1. The second-order valence-corrected chi connectivity index (χ2v) is 6.14. The maximum absolute atomic E-state index is 10.6. The van der Waals surface area contributed by atoms with Crippen LogP contribution in [0.5, 0.6) is 0 Å². The summed E-state index contributed by atoms with van der Waals surface area (Å²) in [6.07, 6.45) is 11.3. The Morgan fingerprint density at radius 3 is 2.48 bits per heavy atom. The minimum absolute atomic E-state index is 0.495. The van der Waals surface area contributed by atoms with Crippen molar-refractivity contribution in [3.05, 3.63) is 30.1 Å². The highest BCUT2D eigenvalue weighted by Gasteiger charge is 2.09. The number of carbonyl (C=O) groups excluding carboxylic acids is 1. The summed E-state index contributed by atoms with van der Waals surface area (Å²) in [6.45, 7) is 3.73. The van der Waals surface area contributed by atoms with Crippen molar-refractivity contribution in [2.75, 3.05) is 0 Å². The van der Waals surface area contributed by atoms with Gasteiger partial charge < -0.3 is 9.88 Å². The van der Waals surface area contributed by atoms with Gasteiger partial charge in [-0.25, -0.2) is 4.98 Å². The molecule has 4 heteroatoms. The third-order valence-corrected chi connectivity index (χ3v) is 4.31. The smallest absolute Gasteiger partial charge is 0.207 e. The standard InChI is InChI=1S/C19H29N3O/c1-2-3-4-5-6-7-8-11-14-22-18-13-10-9-12-17(18)21-19(22)15-20-16-23/h9-10,12-13,16H,2-8,11,14-15H2,1H3,(H,20,23). The first kappa shape index (κ1) is 17.5. The molecule has 126 valence electrons. The molecular weight excluding hydrogens is 286 g/mol. The number of fused-ring (bicyclic) bond motifs is 1. The van der Waals surface area contributed by atoms with Crippen LogP contribution in [-0.4, -0.2) is 16.0 Å². The van der Waals surface area contributed by atoms with Crippen LogP contribution in [0, 0.1) is 0 Å². The number of rotatable bonds is 12. The van der Waals surface area contributed by atoms with Crippen molar-refractivity contribution in [1.29, 1.82) is 0 Å². The van der Waals surface area contributed by atoms with E-state index in [0.717, 1.165) is 29.8 Å². The van der Waals surface area contributed by atoms with Gasteiger partial charge in [0.15, 0.2) is 0 Å². The third-order valence-electron chi connectivity index (χ3n) is 4.31. The van der Waals surface area contributed by atoms with E-state index in [1.165, 1.54) is 51.4 Å². The van der Waals surface area contributed by atoms with E-state index in [1.807, 2.05) is 18.2 Å². The van der Waals surface area contributed by atoms with Gasteiger partial charge in [-0.3, -0.25) is 4.79 Å². The van der Waals surface area contributed by atoms with Crippen LogP contribution in [0.25, 0.3) is 11.0 Å². The molecule has 2 aromatic rings. The molecule has 23 heavy (non-hydrogen) atoms. The summed E-state index contributed by atoms with van der Waals surface area (Å²) < 4.78 is 2.25. The van der Waals surface area contributed by atoms with Crippen LogP contribution in [0.1, 0.15) is 64.1 Å². The minimum Gasteiger partial charge on any atom is -0.351 e. The first-order valence-corrected chi connectivity index (χ1v) is 8.98. The second-order valence-electron chi connectivity index (χ2n) is 6.14. The highest BCUT2D eigenvalue weighted by atomic mass is 16.1. The molecule has 2 rings (SSSR count). The first-order valence-electron chi connectivity index (χ1n) is 8.98. The zero-order valence-electron chi connectivity index (χ0n) is 14.3. The van der Waals surface area contributed by atoms with Crippen molar-refractivity contribution in [2.24, 2.45) is 0 Å². The Labute approximate surface area is 139 Å². The van der Waals surface area contributed by atoms with E-state index in [1.54, 1.807) is 0 Å². The molecule has 0 radical (unpaired) electrons. The second kappa shape index (κ2) is 10.0. The molecule has 0 aliphatic rings. The number of hydrogen-bond donors (Lipinski definition) is 1. The van der Waals surface area contributed by atoms with Crippen LogP contribution in [-0.2, 0) is 17.9 Å². The Balaban J connectivity index is 1.84. The molecule has 0 bridgehead atoms. The first-order chi connectivity index (χ1) is 11.4. The topological polar surface area (TPSA) is 46.9 Å². The molecule has 0 saturated carbocycles. The number of hydrogen-bond acceptors (Lipinski definition) is 2. The normalized spacial score (nSPS) is 11.0. The van der Waals surface area contributed by atoms with Crippen molar-refractivity contribution < 1.29 is 4.79 Å². The van der Waals surface area contributed by atoms with Crippen LogP contribution in [0.3, 0.4) is 0 Å². The summed E-state index contributed by atoms with van der Waals surface area (Å²) >= 11 is 0. The largest absolute Gasteiger partial charge is 0.351 e. The number of amides is 1. The van der Waals surface area contributed by atoms with E-state index in [2.05, 4.69) is 27.9 Å². The zero-order valence-corrected chi connectivity index (χ0v) is 14.3. The lowest BCUT2D eigenvalue weighted by Gasteiger charge is -2.09. The summed E-state index contributed by atoms with van der Waals surface area (Å²) in [6, 6.07) is 8.19. The zero-order chi connectivity index (χ0) is 16.3. The molecule has 4 nitrogen and oxygen atoms in total. The van der Waals surface area contributed by atoms with Gasteiger partial charge in [0.05, 0.1) is 17.6 Å². The predicted molar refractivity (Wildman–Crippen MR) is 95.2 cm³/mol. The van der Waals surface area contributed by atoms with Gasteiger partial charge in [-0.2, -0.15) is 0 Å². The van der Waals surface area contributed by atoms with Crippen molar-refractivity contribution in [3.8, 4) is 0 Å². The van der Waals surface area contributed by atoms with E-state index in [-0.39, 0.29) is 0 Å². The SMILES string of the molecule is CCCCCCCCCCn1c(CNC=O)nc2ccccc21. The van der Waals surface area contributed by atoms with Crippen LogP contribution in [0.15, 0.2) is 24.3 Å². The number of para-hydroxylation sites is 2. The molecule has 0 unspecified atom stereocenters. The molecule has 0 aliphatic carbocycles. The molecule has 0 fully saturated rings. The Hall–Kier alpha value is -1.84. The summed E-state index contributed by atoms with van der Waals surface area (Å²) in [7, 11) is 0. The average Bonchev–Trinajstić information content (AvgIpc) is 2.93. The maximum atomic E-state index is 10.6. The van der Waals surface area contributed by atoms with Crippen LogP contribution < -0.4 is 5.32 Å². The van der Waals surface area contributed by atoms with Crippen molar-refractivity contribution >= 4 is 17.4 Å². The van der Waals surface area contributed by atoms with Crippen molar-refractivity contribution in [2.45, 2.75) is 71.4 Å². The lowest BCUT2D eigenvalue weighted by Crippen LogP contribution is -2.15. The van der Waals surface area contributed by atoms with E-state index in [4.69, 9.17) is 0 Å². The number of unbranched alkanes of at least 4 members (excludes halogenated alkanes) is 7. The molecule has 1 amide bonds. The minimum atomic E-state index is 0.495. The average molecular weight is 315 g/mol. The van der Waals surface area contributed by atoms with Gasteiger partial charge in [0.2, 0.25) is 6.41 Å². The number of imidazole rings is 1. The van der Waals surface area contributed by atoms with Crippen molar-refractivity contribution in [1.82, 2.24) is 14.9 Å². The molecule has 0 aliphatic heterocycles. The van der Waals surface area contributed by atoms with Gasteiger partial charge in [-0.05, 0) is 18.6 Å². The van der Waals surface area contributed by atoms with Gasteiger partial charge in [-0.1, -0.05) is 64.0 Å². The number of aromatic nitrogens is 2. The lowest BCUT2D eigenvalue weighted by molar-refractivity contribution is -0.109. The Morgan fingerprint density at radius 1 is 1.04 bits per heavy atom. The number of carbonyl (C=O) groups is 1. The molecule has 0 atom stereocenters. The van der Waals surface area contributed by atoms with Gasteiger partial charge in [0, 0.05) is 6.54 Å². The van der Waals surface area contributed by atoms with Crippen LogP contribution in [0.2, 0.25) is 0 Å². The fourth-order valence-electron chi connectivity index (χ4n) is 3.05. The Bertz CT molecular complexity index is 591. The quantitative estimate of drug-likeness (QED) is 0.465. The maximum Gasteiger partial charge on any atom is 0.207 e. The summed E-state index contributed by atoms with van der Waals surface area (Å²) in [5, 5.41) is 2.73. The summed E-state index contributed by atoms with van der Waals surface area (Å²) in [5.74, 6) is 0.946. The molecule has 1 aromatic heterocycles. The Kier molecular flexibility index (Phi) is 7.64. The van der Waals surface area contributed by atoms with Gasteiger partial charge in [0.1, 0.15) is 5.82 Å². The van der Waals surface area contributed by atoms with Crippen LogP contribution >= 0.6 is 0 Å². The highest BCUT2D eigenvalue weighted by Crippen LogP contribution is 2.17. The van der Waals surface area contributed by atoms with Crippen molar-refractivity contribution in [3.63, 3.8) is 0 Å². The van der Waals surface area contributed by atoms with E-state index in [0.29, 0.717) is 6.54 Å². The molecule has 1 N–H and O–H groups in total. The molecule has 1 heterocycles. The van der Waals surface area contributed by atoms with Crippen LogP contribution in [0.4, 0.5) is 0 Å². The number of nitrogens with zero attached hydrogens (tertiary/aromatic N) is 2. The third kappa shape index (κ3) is 5.38. The monoisotopic (exact) mass is 315 g/mol.